The minimum absolute atomic E-state index is 0.155. The molecule has 1 unspecified atom stereocenters. The number of amides is 1. The fourth-order valence-corrected chi connectivity index (χ4v) is 2.99. The first-order valence-electron chi connectivity index (χ1n) is 8.13. The summed E-state index contributed by atoms with van der Waals surface area (Å²) in [5.74, 6) is 1.37. The van der Waals surface area contributed by atoms with Crippen LogP contribution in [0.2, 0.25) is 0 Å². The van der Waals surface area contributed by atoms with Crippen molar-refractivity contribution in [1.82, 2.24) is 19.9 Å². The fraction of sp³-hybridized carbons (Fsp3) is 0.278. The number of aromatic nitrogens is 3. The van der Waals surface area contributed by atoms with Crippen LogP contribution >= 0.6 is 11.8 Å². The molecule has 0 saturated carbocycles. The monoisotopic (exact) mass is 374 g/mol. The highest BCUT2D eigenvalue weighted by atomic mass is 32.2. The molecule has 3 rings (SSSR count). The molecule has 0 bridgehead atoms. The molecule has 0 aliphatic carbocycles. The Morgan fingerprint density at radius 2 is 2.08 bits per heavy atom. The van der Waals surface area contributed by atoms with Crippen molar-refractivity contribution < 1.29 is 13.9 Å². The van der Waals surface area contributed by atoms with Crippen molar-refractivity contribution in [3.05, 3.63) is 60.3 Å². The average Bonchev–Trinajstić information content (AvgIpc) is 3.09. The Morgan fingerprint density at radius 1 is 1.27 bits per heavy atom. The zero-order valence-corrected chi connectivity index (χ0v) is 15.1. The molecule has 0 radical (unpaired) electrons. The highest BCUT2D eigenvalue weighted by Crippen LogP contribution is 2.18. The van der Waals surface area contributed by atoms with E-state index in [0.717, 1.165) is 17.8 Å². The van der Waals surface area contributed by atoms with Crippen molar-refractivity contribution in [2.75, 3.05) is 18.6 Å². The van der Waals surface area contributed by atoms with Crippen LogP contribution in [0.3, 0.4) is 0 Å². The van der Waals surface area contributed by atoms with Crippen LogP contribution in [0.4, 0.5) is 4.39 Å². The smallest absolute Gasteiger partial charge is 0.258 e. The molecule has 1 atom stereocenters. The molecule has 0 aliphatic heterocycles. The van der Waals surface area contributed by atoms with Gasteiger partial charge in [-0.1, -0.05) is 6.07 Å². The molecule has 8 heteroatoms. The summed E-state index contributed by atoms with van der Waals surface area (Å²) in [4.78, 5) is 12.3. The fourth-order valence-electron chi connectivity index (χ4n) is 2.51. The summed E-state index contributed by atoms with van der Waals surface area (Å²) in [5, 5.41) is 11.3. The largest absolute Gasteiger partial charge is 0.484 e. The molecule has 0 spiro atoms. The van der Waals surface area contributed by atoms with E-state index in [4.69, 9.17) is 4.74 Å². The minimum atomic E-state index is -0.349. The van der Waals surface area contributed by atoms with Gasteiger partial charge in [0.1, 0.15) is 11.6 Å². The number of nitrogens with one attached hydrogen (secondary N) is 1. The Kier molecular flexibility index (Phi) is 6.06. The molecule has 1 N–H and O–H groups in total. The Bertz CT molecular complexity index is 869. The minimum Gasteiger partial charge on any atom is -0.484 e. The second-order valence-electron chi connectivity index (χ2n) is 5.63. The van der Waals surface area contributed by atoms with E-state index in [9.17, 15) is 9.18 Å². The van der Waals surface area contributed by atoms with Crippen LogP contribution in [0, 0.1) is 5.82 Å². The third kappa shape index (κ3) is 4.51. The molecular weight excluding hydrogens is 355 g/mol. The summed E-state index contributed by atoms with van der Waals surface area (Å²) in [6.07, 6.45) is 4.61. The van der Waals surface area contributed by atoms with Gasteiger partial charge < -0.3 is 10.1 Å². The van der Waals surface area contributed by atoms with Gasteiger partial charge in [-0.05, 0) is 54.8 Å². The third-order valence-corrected chi connectivity index (χ3v) is 4.43. The molecule has 2 aromatic heterocycles. The molecule has 0 saturated heterocycles. The van der Waals surface area contributed by atoms with E-state index in [0.29, 0.717) is 11.6 Å². The Morgan fingerprint density at radius 3 is 2.85 bits per heavy atom. The zero-order valence-electron chi connectivity index (χ0n) is 14.3. The van der Waals surface area contributed by atoms with Crippen molar-refractivity contribution in [3.63, 3.8) is 0 Å². The van der Waals surface area contributed by atoms with Crippen LogP contribution in [0.1, 0.15) is 18.3 Å². The Labute approximate surface area is 154 Å². The van der Waals surface area contributed by atoms with E-state index >= 15 is 0 Å². The number of rotatable bonds is 8. The molecule has 0 fully saturated rings. The predicted molar refractivity (Wildman–Crippen MR) is 98.8 cm³/mol. The normalized spacial score (nSPS) is 12.1. The molecule has 0 aliphatic rings. The summed E-state index contributed by atoms with van der Waals surface area (Å²) >= 11 is 1.70. The van der Waals surface area contributed by atoms with Gasteiger partial charge in [-0.15, -0.1) is 10.2 Å². The van der Waals surface area contributed by atoms with Crippen LogP contribution in [-0.2, 0) is 4.79 Å². The lowest BCUT2D eigenvalue weighted by Crippen LogP contribution is -2.34. The average molecular weight is 374 g/mol. The maximum atomic E-state index is 12.9. The number of carbonyl (C=O) groups excluding carboxylic acids is 1. The molecular formula is C18H19FN4O2S. The number of thioether (sulfide) groups is 1. The first-order valence-corrected chi connectivity index (χ1v) is 9.53. The van der Waals surface area contributed by atoms with Gasteiger partial charge in [-0.2, -0.15) is 11.8 Å². The van der Waals surface area contributed by atoms with Gasteiger partial charge in [0.25, 0.3) is 5.91 Å². The highest BCUT2D eigenvalue weighted by Gasteiger charge is 2.20. The van der Waals surface area contributed by atoms with E-state index in [1.807, 2.05) is 35.1 Å². The number of ether oxygens (including phenoxy) is 1. The number of hydrogen-bond donors (Lipinski definition) is 1. The summed E-state index contributed by atoms with van der Waals surface area (Å²) in [6.45, 7) is -0.155. The summed E-state index contributed by atoms with van der Waals surface area (Å²) < 4.78 is 20.2. The van der Waals surface area contributed by atoms with Gasteiger partial charge in [0.2, 0.25) is 0 Å². The van der Waals surface area contributed by atoms with Crippen LogP contribution in [0.15, 0.2) is 48.7 Å². The maximum Gasteiger partial charge on any atom is 0.258 e. The van der Waals surface area contributed by atoms with E-state index < -0.39 is 0 Å². The zero-order chi connectivity index (χ0) is 18.4. The maximum absolute atomic E-state index is 12.9. The number of nitrogens with zero attached hydrogens (tertiary/aromatic N) is 3. The van der Waals surface area contributed by atoms with Gasteiger partial charge in [0, 0.05) is 6.20 Å². The number of carbonyl (C=O) groups is 1. The van der Waals surface area contributed by atoms with Crippen LogP contribution < -0.4 is 10.1 Å². The SMILES string of the molecule is CSCCC(NC(=O)COc1ccc(F)cc1)c1nnc2ccccn12. The Balaban J connectivity index is 1.67. The number of fused-ring (bicyclic) bond motifs is 1. The molecule has 3 aromatic rings. The van der Waals surface area contributed by atoms with Crippen molar-refractivity contribution >= 4 is 23.3 Å². The molecule has 26 heavy (non-hydrogen) atoms. The van der Waals surface area contributed by atoms with Crippen molar-refractivity contribution in [2.24, 2.45) is 0 Å². The van der Waals surface area contributed by atoms with Gasteiger partial charge in [-0.25, -0.2) is 4.39 Å². The topological polar surface area (TPSA) is 68.5 Å². The predicted octanol–water partition coefficient (Wildman–Crippen LogP) is 2.86. The lowest BCUT2D eigenvalue weighted by molar-refractivity contribution is -0.123. The standard InChI is InChI=1S/C18H19FN4O2S/c1-26-11-9-15(18-22-21-16-4-2-3-10-23(16)18)20-17(24)12-25-14-7-5-13(19)6-8-14/h2-8,10,15H,9,11-12H2,1H3,(H,20,24). The number of benzene rings is 1. The molecule has 1 amide bonds. The van der Waals surface area contributed by atoms with Gasteiger partial charge >= 0.3 is 0 Å². The number of hydrogen-bond acceptors (Lipinski definition) is 5. The van der Waals surface area contributed by atoms with E-state index in [-0.39, 0.29) is 24.4 Å². The van der Waals surface area contributed by atoms with Crippen molar-refractivity contribution in [1.29, 1.82) is 0 Å². The summed E-state index contributed by atoms with van der Waals surface area (Å²) in [6, 6.07) is 10.9. The third-order valence-electron chi connectivity index (χ3n) is 3.78. The van der Waals surface area contributed by atoms with Crippen LogP contribution in [0.5, 0.6) is 5.75 Å². The second-order valence-corrected chi connectivity index (χ2v) is 6.62. The number of halogens is 1. The molecule has 2 heterocycles. The summed E-state index contributed by atoms with van der Waals surface area (Å²) in [7, 11) is 0. The summed E-state index contributed by atoms with van der Waals surface area (Å²) in [5.41, 5.74) is 0.730. The first-order chi connectivity index (χ1) is 12.7. The molecule has 1 aromatic carbocycles. The highest BCUT2D eigenvalue weighted by molar-refractivity contribution is 7.98. The van der Waals surface area contributed by atoms with Gasteiger partial charge in [0.15, 0.2) is 18.1 Å². The number of pyridine rings is 1. The second kappa shape index (κ2) is 8.66. The van der Waals surface area contributed by atoms with Crippen LogP contribution in [-0.4, -0.2) is 39.1 Å². The molecule has 6 nitrogen and oxygen atoms in total. The lowest BCUT2D eigenvalue weighted by Gasteiger charge is -2.17. The van der Waals surface area contributed by atoms with Crippen molar-refractivity contribution in [3.8, 4) is 5.75 Å². The quantitative estimate of drug-likeness (QED) is 0.657. The van der Waals surface area contributed by atoms with E-state index in [2.05, 4.69) is 15.5 Å². The van der Waals surface area contributed by atoms with Gasteiger partial charge in [-0.3, -0.25) is 9.20 Å². The molecule has 136 valence electrons. The van der Waals surface area contributed by atoms with E-state index in [1.165, 1.54) is 24.3 Å². The van der Waals surface area contributed by atoms with Gasteiger partial charge in [0.05, 0.1) is 6.04 Å². The van der Waals surface area contributed by atoms with Crippen molar-refractivity contribution in [2.45, 2.75) is 12.5 Å². The van der Waals surface area contributed by atoms with E-state index in [1.54, 1.807) is 11.8 Å². The first kappa shape index (κ1) is 18.2. The Hall–Kier alpha value is -2.61. The van der Waals surface area contributed by atoms with Crippen LogP contribution in [0.25, 0.3) is 5.65 Å². The lowest BCUT2D eigenvalue weighted by atomic mass is 10.2.